The van der Waals surface area contributed by atoms with Gasteiger partial charge >= 0.3 is 0 Å². The Morgan fingerprint density at radius 2 is 2.07 bits per heavy atom. The van der Waals surface area contributed by atoms with Crippen molar-refractivity contribution < 1.29 is 4.79 Å². The molecule has 4 aromatic rings. The van der Waals surface area contributed by atoms with Crippen molar-refractivity contribution in [3.05, 3.63) is 70.9 Å². The molecule has 146 valence electrons. The smallest absolute Gasteiger partial charge is 0.273 e. The molecule has 5 rings (SSSR count). The number of hydrogen-bond donors (Lipinski definition) is 1. The molecule has 0 aromatic carbocycles. The fraction of sp³-hybridized carbons (Fsp3) is 0.263. The number of fused-ring (bicyclic) bond motifs is 1. The first-order chi connectivity index (χ1) is 14.1. The van der Waals surface area contributed by atoms with Gasteiger partial charge in [0, 0.05) is 18.6 Å². The summed E-state index contributed by atoms with van der Waals surface area (Å²) in [6.07, 6.45) is 9.78. The summed E-state index contributed by atoms with van der Waals surface area (Å²) in [6.45, 7) is 0.583. The standard InChI is InChI=1S/C19H17ClN8O/c20-16-5-6-21-17(24-16)7-22-19(29)15-11-28(26-25-15)10-14-9-27-8-13(12-1-2-12)3-4-18(27)23-14/h3-6,8-9,11-12H,1-2,7,10H2,(H,22,29). The number of pyridine rings is 1. The topological polar surface area (TPSA) is 103 Å². The number of amides is 1. The molecule has 29 heavy (non-hydrogen) atoms. The lowest BCUT2D eigenvalue weighted by molar-refractivity contribution is 0.0944. The van der Waals surface area contributed by atoms with Crippen LogP contribution in [0.2, 0.25) is 5.15 Å². The van der Waals surface area contributed by atoms with Crippen LogP contribution in [0.25, 0.3) is 5.65 Å². The van der Waals surface area contributed by atoms with Gasteiger partial charge < -0.3 is 9.72 Å². The van der Waals surface area contributed by atoms with Crippen molar-refractivity contribution in [3.8, 4) is 0 Å². The number of hydrogen-bond acceptors (Lipinski definition) is 6. The highest BCUT2D eigenvalue weighted by atomic mass is 35.5. The van der Waals surface area contributed by atoms with Gasteiger partial charge in [0.25, 0.3) is 5.91 Å². The van der Waals surface area contributed by atoms with Crippen LogP contribution in [0.5, 0.6) is 0 Å². The van der Waals surface area contributed by atoms with Gasteiger partial charge in [0.15, 0.2) is 5.69 Å². The Hall–Kier alpha value is -3.33. The van der Waals surface area contributed by atoms with E-state index in [1.165, 1.54) is 24.6 Å². The second-order valence-corrected chi connectivity index (χ2v) is 7.40. The highest BCUT2D eigenvalue weighted by Gasteiger charge is 2.23. The first-order valence-electron chi connectivity index (χ1n) is 9.27. The SMILES string of the molecule is O=C(NCc1nccc(Cl)n1)c1cn(Cc2cn3cc(C4CC4)ccc3n2)nn1. The molecule has 10 heteroatoms. The van der Waals surface area contributed by atoms with Crippen molar-refractivity contribution in [1.82, 2.24) is 39.7 Å². The zero-order chi connectivity index (χ0) is 19.8. The van der Waals surface area contributed by atoms with Gasteiger partial charge in [-0.3, -0.25) is 4.79 Å². The molecule has 0 bridgehead atoms. The predicted octanol–water partition coefficient (Wildman–Crippen LogP) is 2.22. The van der Waals surface area contributed by atoms with Crippen LogP contribution in [0.4, 0.5) is 0 Å². The molecule has 1 saturated carbocycles. The van der Waals surface area contributed by atoms with Crippen molar-refractivity contribution in [2.45, 2.75) is 31.8 Å². The summed E-state index contributed by atoms with van der Waals surface area (Å²) in [6, 6.07) is 5.76. The number of rotatable bonds is 6. The van der Waals surface area contributed by atoms with Gasteiger partial charge in [-0.1, -0.05) is 22.9 Å². The van der Waals surface area contributed by atoms with E-state index in [4.69, 9.17) is 11.6 Å². The second-order valence-electron chi connectivity index (χ2n) is 7.01. The number of halogens is 1. The van der Waals surface area contributed by atoms with Crippen LogP contribution < -0.4 is 5.32 Å². The molecule has 9 nitrogen and oxygen atoms in total. The largest absolute Gasteiger partial charge is 0.343 e. The minimum Gasteiger partial charge on any atom is -0.343 e. The Kier molecular flexibility index (Phi) is 4.44. The van der Waals surface area contributed by atoms with E-state index in [0.717, 1.165) is 11.3 Å². The first kappa shape index (κ1) is 17.7. The number of imidazole rings is 1. The van der Waals surface area contributed by atoms with E-state index >= 15 is 0 Å². The minimum atomic E-state index is -0.357. The number of carbonyl (C=O) groups is 1. The maximum absolute atomic E-state index is 12.3. The Bertz CT molecular complexity index is 1200. The van der Waals surface area contributed by atoms with Gasteiger partial charge in [0.2, 0.25) is 0 Å². The average Bonchev–Trinajstić information content (AvgIpc) is 3.33. The van der Waals surface area contributed by atoms with Crippen LogP contribution in [-0.4, -0.2) is 40.3 Å². The molecule has 4 aromatic heterocycles. The Morgan fingerprint density at radius 3 is 2.90 bits per heavy atom. The molecule has 0 unspecified atom stereocenters. The van der Waals surface area contributed by atoms with Gasteiger partial charge in [-0.05, 0) is 36.5 Å². The molecule has 0 spiro atoms. The number of carbonyl (C=O) groups excluding carboxylic acids is 1. The second kappa shape index (κ2) is 7.25. The lowest BCUT2D eigenvalue weighted by Crippen LogP contribution is -2.24. The zero-order valence-electron chi connectivity index (χ0n) is 15.4. The van der Waals surface area contributed by atoms with E-state index < -0.39 is 0 Å². The molecule has 1 N–H and O–H groups in total. The van der Waals surface area contributed by atoms with E-state index in [0.29, 0.717) is 23.4 Å². The van der Waals surface area contributed by atoms with Crippen LogP contribution in [-0.2, 0) is 13.1 Å². The van der Waals surface area contributed by atoms with Crippen LogP contribution in [0.1, 0.15) is 46.3 Å². The Morgan fingerprint density at radius 1 is 1.17 bits per heavy atom. The van der Waals surface area contributed by atoms with Crippen LogP contribution in [0.3, 0.4) is 0 Å². The maximum atomic E-state index is 12.3. The number of aromatic nitrogens is 7. The van der Waals surface area contributed by atoms with Gasteiger partial charge in [-0.15, -0.1) is 5.10 Å². The first-order valence-corrected chi connectivity index (χ1v) is 9.65. The van der Waals surface area contributed by atoms with Crippen molar-refractivity contribution in [1.29, 1.82) is 0 Å². The third-order valence-corrected chi connectivity index (χ3v) is 4.96. The van der Waals surface area contributed by atoms with Crippen molar-refractivity contribution in [2.24, 2.45) is 0 Å². The molecule has 0 radical (unpaired) electrons. The number of nitrogens with one attached hydrogen (secondary N) is 1. The zero-order valence-corrected chi connectivity index (χ0v) is 16.1. The molecular formula is C19H17ClN8O. The van der Waals surface area contributed by atoms with E-state index in [-0.39, 0.29) is 18.1 Å². The van der Waals surface area contributed by atoms with Gasteiger partial charge in [0.1, 0.15) is 16.6 Å². The molecule has 1 aliphatic rings. The Labute approximate surface area is 170 Å². The fourth-order valence-corrected chi connectivity index (χ4v) is 3.30. The molecule has 1 aliphatic carbocycles. The summed E-state index contributed by atoms with van der Waals surface area (Å²) in [7, 11) is 0. The molecular weight excluding hydrogens is 392 g/mol. The summed E-state index contributed by atoms with van der Waals surface area (Å²) < 4.78 is 3.63. The molecule has 4 heterocycles. The monoisotopic (exact) mass is 408 g/mol. The summed E-state index contributed by atoms with van der Waals surface area (Å²) in [4.78, 5) is 25.0. The fourth-order valence-electron chi connectivity index (χ4n) is 3.15. The van der Waals surface area contributed by atoms with Gasteiger partial charge in [-0.25, -0.2) is 19.6 Å². The highest BCUT2D eigenvalue weighted by Crippen LogP contribution is 2.39. The van der Waals surface area contributed by atoms with E-state index in [1.807, 2.05) is 16.7 Å². The van der Waals surface area contributed by atoms with E-state index in [2.05, 4.69) is 42.8 Å². The molecule has 0 aliphatic heterocycles. The van der Waals surface area contributed by atoms with E-state index in [9.17, 15) is 4.79 Å². The third kappa shape index (κ3) is 3.95. The molecule has 0 saturated heterocycles. The average molecular weight is 409 g/mol. The predicted molar refractivity (Wildman–Crippen MR) is 105 cm³/mol. The lowest BCUT2D eigenvalue weighted by Gasteiger charge is -2.01. The lowest BCUT2D eigenvalue weighted by atomic mass is 10.2. The Balaban J connectivity index is 1.25. The van der Waals surface area contributed by atoms with Crippen molar-refractivity contribution >= 4 is 23.2 Å². The van der Waals surface area contributed by atoms with Crippen molar-refractivity contribution in [2.75, 3.05) is 0 Å². The summed E-state index contributed by atoms with van der Waals surface area (Å²) in [5.41, 5.74) is 3.31. The summed E-state index contributed by atoms with van der Waals surface area (Å²) >= 11 is 5.82. The third-order valence-electron chi connectivity index (χ3n) is 4.75. The minimum absolute atomic E-state index is 0.155. The van der Waals surface area contributed by atoms with Gasteiger partial charge in [-0.2, -0.15) is 0 Å². The molecule has 1 amide bonds. The van der Waals surface area contributed by atoms with Crippen molar-refractivity contribution in [3.63, 3.8) is 0 Å². The molecule has 0 atom stereocenters. The van der Waals surface area contributed by atoms with Crippen LogP contribution >= 0.6 is 11.6 Å². The van der Waals surface area contributed by atoms with Gasteiger partial charge in [0.05, 0.1) is 25.0 Å². The highest BCUT2D eigenvalue weighted by molar-refractivity contribution is 6.29. The van der Waals surface area contributed by atoms with Crippen LogP contribution in [0.15, 0.2) is 43.0 Å². The van der Waals surface area contributed by atoms with E-state index in [1.54, 1.807) is 16.9 Å². The summed E-state index contributed by atoms with van der Waals surface area (Å²) in [5, 5.41) is 11.0. The van der Waals surface area contributed by atoms with Crippen LogP contribution in [0, 0.1) is 0 Å². The maximum Gasteiger partial charge on any atom is 0.273 e. The normalized spacial score (nSPS) is 13.7. The molecule has 1 fully saturated rings. The number of nitrogens with zero attached hydrogens (tertiary/aromatic N) is 7. The quantitative estimate of drug-likeness (QED) is 0.491. The summed E-state index contributed by atoms with van der Waals surface area (Å²) in [5.74, 6) is 0.761.